The molecular weight excluding hydrogens is 378 g/mol. The zero-order valence-corrected chi connectivity index (χ0v) is 15.9. The lowest BCUT2D eigenvalue weighted by atomic mass is 10.1. The molecule has 3 atom stereocenters. The summed E-state index contributed by atoms with van der Waals surface area (Å²) in [6, 6.07) is -3.01. The number of carbonyl (C=O) groups excluding carboxylic acids is 3. The second-order valence-corrected chi connectivity index (χ2v) is 6.01. The number of aliphatic carboxylic acids is 1. The fraction of sp³-hybridized carbons (Fsp3) is 0.643. The molecule has 3 amide bonds. The van der Waals surface area contributed by atoms with Crippen molar-refractivity contribution in [2.45, 2.75) is 37.9 Å². The number of carboxylic acids is 1. The van der Waals surface area contributed by atoms with E-state index in [4.69, 9.17) is 22.3 Å². The Morgan fingerprint density at radius 2 is 1.78 bits per heavy atom. The van der Waals surface area contributed by atoms with Gasteiger partial charge in [-0.15, -0.1) is 0 Å². The summed E-state index contributed by atoms with van der Waals surface area (Å²) in [4.78, 5) is 50.1. The number of aliphatic imine (C=N–C) groups is 1. The summed E-state index contributed by atoms with van der Waals surface area (Å²) in [5, 5.41) is 15.7. The molecule has 0 fully saturated rings. The molecule has 0 saturated carbocycles. The highest BCUT2D eigenvalue weighted by atomic mass is 32.1. The minimum atomic E-state index is -1.21. The van der Waals surface area contributed by atoms with E-state index in [1.165, 1.54) is 6.92 Å². The van der Waals surface area contributed by atoms with Gasteiger partial charge in [-0.1, -0.05) is 0 Å². The molecule has 3 unspecified atom stereocenters. The molecule has 10 N–H and O–H groups in total. The van der Waals surface area contributed by atoms with Crippen LogP contribution in [0.3, 0.4) is 0 Å². The van der Waals surface area contributed by atoms with Gasteiger partial charge in [0.15, 0.2) is 5.96 Å². The molecule has 0 aromatic rings. The third-order valence-corrected chi connectivity index (χ3v) is 3.66. The molecular formula is C14H27N7O5S. The predicted molar refractivity (Wildman–Crippen MR) is 102 cm³/mol. The first-order valence-electron chi connectivity index (χ1n) is 8.10. The number of amides is 3. The highest BCUT2D eigenvalue weighted by Crippen LogP contribution is 1.96. The molecule has 154 valence electrons. The number of guanidine groups is 1. The summed E-state index contributed by atoms with van der Waals surface area (Å²) < 4.78 is 0. The zero-order valence-electron chi connectivity index (χ0n) is 15.0. The molecule has 27 heavy (non-hydrogen) atoms. The van der Waals surface area contributed by atoms with Gasteiger partial charge in [0, 0.05) is 12.3 Å². The van der Waals surface area contributed by atoms with Gasteiger partial charge in [-0.3, -0.25) is 24.2 Å². The van der Waals surface area contributed by atoms with Crippen LogP contribution in [-0.4, -0.2) is 71.7 Å². The first-order chi connectivity index (χ1) is 12.6. The van der Waals surface area contributed by atoms with Gasteiger partial charge >= 0.3 is 5.97 Å². The molecule has 0 saturated heterocycles. The van der Waals surface area contributed by atoms with E-state index in [9.17, 15) is 19.2 Å². The van der Waals surface area contributed by atoms with Crippen LogP contribution < -0.4 is 33.2 Å². The molecule has 0 bridgehead atoms. The van der Waals surface area contributed by atoms with Gasteiger partial charge in [0.1, 0.15) is 12.1 Å². The molecule has 13 heteroatoms. The Kier molecular flexibility index (Phi) is 11.6. The Morgan fingerprint density at radius 3 is 2.30 bits per heavy atom. The molecule has 0 aliphatic carbocycles. The fourth-order valence-electron chi connectivity index (χ4n) is 1.76. The van der Waals surface area contributed by atoms with E-state index in [1.54, 1.807) is 0 Å². The minimum absolute atomic E-state index is 0.0507. The Balaban J connectivity index is 4.31. The van der Waals surface area contributed by atoms with Crippen LogP contribution in [0.2, 0.25) is 0 Å². The number of nitrogens with two attached hydrogens (primary N) is 3. The van der Waals surface area contributed by atoms with Gasteiger partial charge in [0.05, 0.1) is 12.6 Å². The van der Waals surface area contributed by atoms with E-state index in [2.05, 4.69) is 33.6 Å². The van der Waals surface area contributed by atoms with Crippen molar-refractivity contribution in [1.82, 2.24) is 16.0 Å². The van der Waals surface area contributed by atoms with E-state index in [-0.39, 0.29) is 11.7 Å². The van der Waals surface area contributed by atoms with Crippen molar-refractivity contribution in [3.63, 3.8) is 0 Å². The van der Waals surface area contributed by atoms with Crippen molar-refractivity contribution in [2.24, 2.45) is 22.2 Å². The van der Waals surface area contributed by atoms with Gasteiger partial charge in [0.25, 0.3) is 0 Å². The third kappa shape index (κ3) is 10.9. The van der Waals surface area contributed by atoms with Crippen LogP contribution in [0.4, 0.5) is 0 Å². The zero-order chi connectivity index (χ0) is 21.0. The van der Waals surface area contributed by atoms with Crippen LogP contribution in [0.25, 0.3) is 0 Å². The molecule has 0 aliphatic heterocycles. The molecule has 0 rings (SSSR count). The number of carbonyl (C=O) groups is 4. The fourth-order valence-corrected chi connectivity index (χ4v) is 2.02. The molecule has 0 aliphatic rings. The van der Waals surface area contributed by atoms with Crippen molar-refractivity contribution in [3.8, 4) is 0 Å². The summed E-state index contributed by atoms with van der Waals surface area (Å²) in [5.41, 5.74) is 16.0. The second kappa shape index (κ2) is 12.8. The lowest BCUT2D eigenvalue weighted by molar-refractivity contribution is -0.141. The normalized spacial score (nSPS) is 13.6. The van der Waals surface area contributed by atoms with E-state index < -0.39 is 48.4 Å². The van der Waals surface area contributed by atoms with Gasteiger partial charge in [-0.2, -0.15) is 12.6 Å². The number of rotatable bonds is 12. The van der Waals surface area contributed by atoms with Gasteiger partial charge < -0.3 is 38.3 Å². The molecule has 0 aromatic carbocycles. The Hall–Kier alpha value is -2.54. The summed E-state index contributed by atoms with van der Waals surface area (Å²) in [5.74, 6) is -3.20. The number of nitrogens with one attached hydrogen (secondary N) is 3. The van der Waals surface area contributed by atoms with Crippen LogP contribution in [-0.2, 0) is 19.2 Å². The minimum Gasteiger partial charge on any atom is -0.480 e. The van der Waals surface area contributed by atoms with E-state index in [1.807, 2.05) is 0 Å². The summed E-state index contributed by atoms with van der Waals surface area (Å²) >= 11 is 3.95. The third-order valence-electron chi connectivity index (χ3n) is 3.29. The van der Waals surface area contributed by atoms with E-state index >= 15 is 0 Å². The Morgan fingerprint density at radius 1 is 1.15 bits per heavy atom. The SMILES string of the molecule is CC(NC(=O)C(CS)NC(=O)CNC(=O)C(N)CCCN=C(N)N)C(=O)O. The number of hydrogen-bond acceptors (Lipinski definition) is 7. The average Bonchev–Trinajstić information content (AvgIpc) is 2.60. The standard InChI is InChI=1S/C14H27N7O5S/c1-7(13(25)26)20-12(24)9(6-27)21-10(22)5-19-11(23)8(15)3-2-4-18-14(16)17/h7-9,27H,2-6,15H2,1H3,(H,19,23)(H,20,24)(H,21,22)(H,25,26)(H4,16,17,18). The number of nitrogens with zero attached hydrogens (tertiary/aromatic N) is 1. The average molecular weight is 405 g/mol. The van der Waals surface area contributed by atoms with Crippen molar-refractivity contribution in [1.29, 1.82) is 0 Å². The molecule has 12 nitrogen and oxygen atoms in total. The lowest BCUT2D eigenvalue weighted by Gasteiger charge is -2.18. The molecule has 0 radical (unpaired) electrons. The molecule has 0 heterocycles. The van der Waals surface area contributed by atoms with Crippen LogP contribution in [0.15, 0.2) is 4.99 Å². The van der Waals surface area contributed by atoms with E-state index in [0.29, 0.717) is 19.4 Å². The second-order valence-electron chi connectivity index (χ2n) is 5.64. The number of carboxylic acid groups (broad SMARTS) is 1. The molecule has 0 spiro atoms. The maximum absolute atomic E-state index is 11.9. The summed E-state index contributed by atoms with van der Waals surface area (Å²) in [7, 11) is 0. The van der Waals surface area contributed by atoms with Crippen molar-refractivity contribution in [2.75, 3.05) is 18.8 Å². The van der Waals surface area contributed by atoms with Crippen LogP contribution in [0.1, 0.15) is 19.8 Å². The Bertz CT molecular complexity index is 568. The highest BCUT2D eigenvalue weighted by molar-refractivity contribution is 7.80. The van der Waals surface area contributed by atoms with Crippen LogP contribution >= 0.6 is 12.6 Å². The number of thiol groups is 1. The van der Waals surface area contributed by atoms with Gasteiger partial charge in [-0.05, 0) is 19.8 Å². The van der Waals surface area contributed by atoms with E-state index in [0.717, 1.165) is 0 Å². The Labute approximate surface area is 162 Å². The predicted octanol–water partition coefficient (Wildman–Crippen LogP) is -3.51. The molecule has 0 aromatic heterocycles. The van der Waals surface area contributed by atoms with Gasteiger partial charge in [0.2, 0.25) is 17.7 Å². The maximum atomic E-state index is 11.9. The lowest BCUT2D eigenvalue weighted by Crippen LogP contribution is -2.54. The maximum Gasteiger partial charge on any atom is 0.325 e. The van der Waals surface area contributed by atoms with Gasteiger partial charge in [-0.25, -0.2) is 0 Å². The first kappa shape index (κ1) is 24.5. The van der Waals surface area contributed by atoms with Crippen LogP contribution in [0, 0.1) is 0 Å². The quantitative estimate of drug-likeness (QED) is 0.0703. The topological polar surface area (TPSA) is 215 Å². The van der Waals surface area contributed by atoms with Crippen molar-refractivity contribution >= 4 is 42.3 Å². The monoisotopic (exact) mass is 405 g/mol. The summed E-state index contributed by atoms with van der Waals surface area (Å²) in [6.07, 6.45) is 0.807. The smallest absolute Gasteiger partial charge is 0.325 e. The largest absolute Gasteiger partial charge is 0.480 e. The first-order valence-corrected chi connectivity index (χ1v) is 8.73. The summed E-state index contributed by atoms with van der Waals surface area (Å²) in [6.45, 7) is 1.22. The van der Waals surface area contributed by atoms with Crippen LogP contribution in [0.5, 0.6) is 0 Å². The van der Waals surface area contributed by atoms with Crippen molar-refractivity contribution < 1.29 is 24.3 Å². The number of hydrogen-bond donors (Lipinski definition) is 8. The van der Waals surface area contributed by atoms with Crippen molar-refractivity contribution in [3.05, 3.63) is 0 Å². The highest BCUT2D eigenvalue weighted by Gasteiger charge is 2.23.